The van der Waals surface area contributed by atoms with Gasteiger partial charge in [0.15, 0.2) is 17.3 Å². The van der Waals surface area contributed by atoms with Gasteiger partial charge in [-0.25, -0.2) is 0 Å². The molecule has 2 aromatic rings. The van der Waals surface area contributed by atoms with Crippen LogP contribution in [-0.2, 0) is 13.7 Å². The number of hydrogen-bond donors (Lipinski definition) is 0. The summed E-state index contributed by atoms with van der Waals surface area (Å²) in [5.74, 6) is 4.02. The lowest BCUT2D eigenvalue weighted by atomic mass is 10.3. The van der Waals surface area contributed by atoms with Gasteiger partial charge in [0, 0.05) is 13.0 Å². The lowest BCUT2D eigenvalue weighted by Gasteiger charge is -2.11. The first-order valence-corrected chi connectivity index (χ1v) is 7.02. The quantitative estimate of drug-likeness (QED) is 0.812. The second-order valence-electron chi connectivity index (χ2n) is 4.98. The van der Waals surface area contributed by atoms with Crippen LogP contribution in [0.2, 0.25) is 0 Å². The molecular weight excluding hydrogens is 254 g/mol. The van der Waals surface area contributed by atoms with E-state index in [2.05, 4.69) is 10.2 Å². The maximum Gasteiger partial charge on any atom is 0.170 e. The van der Waals surface area contributed by atoms with Crippen molar-refractivity contribution >= 4 is 0 Å². The Morgan fingerprint density at radius 2 is 1.85 bits per heavy atom. The predicted octanol–water partition coefficient (Wildman–Crippen LogP) is 2.67. The van der Waals surface area contributed by atoms with Gasteiger partial charge in [-0.05, 0) is 31.9 Å². The van der Waals surface area contributed by atoms with Gasteiger partial charge in [0.1, 0.15) is 12.4 Å². The Kier molecular flexibility index (Phi) is 3.58. The van der Waals surface area contributed by atoms with E-state index in [-0.39, 0.29) is 0 Å². The molecule has 5 nitrogen and oxygen atoms in total. The molecule has 1 aromatic heterocycles. The summed E-state index contributed by atoms with van der Waals surface area (Å²) >= 11 is 0. The van der Waals surface area contributed by atoms with Crippen LogP contribution in [0.5, 0.6) is 11.5 Å². The molecule has 1 aliphatic rings. The number of hydrogen-bond acceptors (Lipinski definition) is 4. The van der Waals surface area contributed by atoms with Crippen LogP contribution < -0.4 is 9.47 Å². The van der Waals surface area contributed by atoms with Gasteiger partial charge < -0.3 is 14.0 Å². The van der Waals surface area contributed by atoms with E-state index in [4.69, 9.17) is 9.47 Å². The van der Waals surface area contributed by atoms with Gasteiger partial charge in [-0.15, -0.1) is 10.2 Å². The van der Waals surface area contributed by atoms with Gasteiger partial charge in [-0.3, -0.25) is 0 Å². The Balaban J connectivity index is 1.70. The van der Waals surface area contributed by atoms with Crippen LogP contribution in [0.1, 0.15) is 37.3 Å². The molecule has 1 fully saturated rings. The maximum atomic E-state index is 5.82. The van der Waals surface area contributed by atoms with Crippen LogP contribution in [0.25, 0.3) is 0 Å². The van der Waals surface area contributed by atoms with Gasteiger partial charge in [0.2, 0.25) is 0 Å². The SMILES string of the molecule is CCOc1ccccc1OCc1nnc(C2CC2)n1C. The number of benzene rings is 1. The van der Waals surface area contributed by atoms with Crippen molar-refractivity contribution in [3.05, 3.63) is 35.9 Å². The highest BCUT2D eigenvalue weighted by molar-refractivity contribution is 5.39. The Hall–Kier alpha value is -2.04. The number of ether oxygens (including phenoxy) is 2. The summed E-state index contributed by atoms with van der Waals surface area (Å²) in [6.07, 6.45) is 2.44. The third-order valence-electron chi connectivity index (χ3n) is 3.45. The number of para-hydroxylation sites is 2. The normalized spacial score (nSPS) is 14.3. The summed E-state index contributed by atoms with van der Waals surface area (Å²) in [4.78, 5) is 0. The highest BCUT2D eigenvalue weighted by Crippen LogP contribution is 2.38. The first-order chi connectivity index (χ1) is 9.79. The number of rotatable bonds is 6. The molecule has 0 radical (unpaired) electrons. The van der Waals surface area contributed by atoms with Crippen LogP contribution in [0, 0.1) is 0 Å². The van der Waals surface area contributed by atoms with Crippen LogP contribution >= 0.6 is 0 Å². The minimum absolute atomic E-state index is 0.403. The van der Waals surface area contributed by atoms with Crippen LogP contribution in [0.3, 0.4) is 0 Å². The van der Waals surface area contributed by atoms with Crippen LogP contribution in [0.4, 0.5) is 0 Å². The average Bonchev–Trinajstić information content (AvgIpc) is 3.23. The Bertz CT molecular complexity index is 591. The van der Waals surface area contributed by atoms with Gasteiger partial charge in [-0.1, -0.05) is 12.1 Å². The van der Waals surface area contributed by atoms with Gasteiger partial charge in [0.25, 0.3) is 0 Å². The monoisotopic (exact) mass is 273 g/mol. The van der Waals surface area contributed by atoms with Gasteiger partial charge >= 0.3 is 0 Å². The van der Waals surface area contributed by atoms with Gasteiger partial charge in [-0.2, -0.15) is 0 Å². The molecule has 20 heavy (non-hydrogen) atoms. The topological polar surface area (TPSA) is 49.2 Å². The van der Waals surface area contributed by atoms with E-state index < -0.39 is 0 Å². The molecule has 1 saturated carbocycles. The molecule has 0 N–H and O–H groups in total. The van der Waals surface area contributed by atoms with Crippen molar-refractivity contribution in [1.82, 2.24) is 14.8 Å². The Morgan fingerprint density at radius 3 is 2.50 bits per heavy atom. The minimum atomic E-state index is 0.403. The fourth-order valence-electron chi connectivity index (χ4n) is 2.18. The molecule has 1 aliphatic carbocycles. The molecule has 0 amide bonds. The first kappa shape index (κ1) is 13.0. The molecule has 0 aliphatic heterocycles. The molecule has 3 rings (SSSR count). The Morgan fingerprint density at radius 1 is 1.15 bits per heavy atom. The largest absolute Gasteiger partial charge is 0.490 e. The van der Waals surface area contributed by atoms with Crippen LogP contribution in [-0.4, -0.2) is 21.4 Å². The molecule has 5 heteroatoms. The molecule has 0 spiro atoms. The van der Waals surface area contributed by atoms with E-state index >= 15 is 0 Å². The lowest BCUT2D eigenvalue weighted by molar-refractivity contribution is 0.260. The summed E-state index contributed by atoms with van der Waals surface area (Å²) in [6, 6.07) is 7.68. The summed E-state index contributed by atoms with van der Waals surface area (Å²) in [6.45, 7) is 2.98. The number of aromatic nitrogens is 3. The molecule has 1 aromatic carbocycles. The highest BCUT2D eigenvalue weighted by Gasteiger charge is 2.29. The summed E-state index contributed by atoms with van der Waals surface area (Å²) in [5, 5.41) is 8.47. The lowest BCUT2D eigenvalue weighted by Crippen LogP contribution is -2.06. The summed E-state index contributed by atoms with van der Waals surface area (Å²) in [5.41, 5.74) is 0. The van der Waals surface area contributed by atoms with Crippen molar-refractivity contribution < 1.29 is 9.47 Å². The van der Waals surface area contributed by atoms with E-state index in [1.165, 1.54) is 12.8 Å². The van der Waals surface area contributed by atoms with Crippen molar-refractivity contribution in [3.63, 3.8) is 0 Å². The third-order valence-corrected chi connectivity index (χ3v) is 3.45. The number of nitrogens with zero attached hydrogens (tertiary/aromatic N) is 3. The molecule has 1 heterocycles. The van der Waals surface area contributed by atoms with Crippen molar-refractivity contribution in [2.75, 3.05) is 6.61 Å². The summed E-state index contributed by atoms with van der Waals surface area (Å²) < 4.78 is 13.4. The second kappa shape index (κ2) is 5.53. The first-order valence-electron chi connectivity index (χ1n) is 7.02. The average molecular weight is 273 g/mol. The summed E-state index contributed by atoms with van der Waals surface area (Å²) in [7, 11) is 2.00. The standard InChI is InChI=1S/C15H19N3O2/c1-3-19-12-6-4-5-7-13(12)20-10-14-16-17-15(18(14)2)11-8-9-11/h4-7,11H,3,8-10H2,1-2H3. The minimum Gasteiger partial charge on any atom is -0.490 e. The van der Waals surface area contributed by atoms with E-state index in [1.54, 1.807) is 0 Å². The van der Waals surface area contributed by atoms with E-state index in [9.17, 15) is 0 Å². The van der Waals surface area contributed by atoms with Crippen molar-refractivity contribution in [2.24, 2.45) is 7.05 Å². The van der Waals surface area contributed by atoms with Crippen molar-refractivity contribution in [3.8, 4) is 11.5 Å². The maximum absolute atomic E-state index is 5.82. The molecule has 106 valence electrons. The zero-order valence-corrected chi connectivity index (χ0v) is 11.9. The van der Waals surface area contributed by atoms with Crippen molar-refractivity contribution in [2.45, 2.75) is 32.3 Å². The Labute approximate surface area is 118 Å². The zero-order valence-electron chi connectivity index (χ0n) is 11.9. The van der Waals surface area contributed by atoms with E-state index in [0.717, 1.165) is 23.1 Å². The molecule has 0 saturated heterocycles. The molecular formula is C15H19N3O2. The van der Waals surface area contributed by atoms with Crippen molar-refractivity contribution in [1.29, 1.82) is 0 Å². The van der Waals surface area contributed by atoms with Crippen LogP contribution in [0.15, 0.2) is 24.3 Å². The van der Waals surface area contributed by atoms with E-state index in [1.807, 2.05) is 42.8 Å². The van der Waals surface area contributed by atoms with E-state index in [0.29, 0.717) is 19.1 Å². The van der Waals surface area contributed by atoms with Gasteiger partial charge in [0.05, 0.1) is 6.61 Å². The third kappa shape index (κ3) is 2.61. The fraction of sp³-hybridized carbons (Fsp3) is 0.467. The molecule has 0 bridgehead atoms. The molecule has 0 unspecified atom stereocenters. The second-order valence-corrected chi connectivity index (χ2v) is 4.98. The molecule has 0 atom stereocenters. The zero-order chi connectivity index (χ0) is 13.9. The fourth-order valence-corrected chi connectivity index (χ4v) is 2.18. The predicted molar refractivity (Wildman–Crippen MR) is 74.9 cm³/mol. The smallest absolute Gasteiger partial charge is 0.170 e. The highest BCUT2D eigenvalue weighted by atomic mass is 16.5.